The number of ether oxygens (including phenoxy) is 1. The van der Waals surface area contributed by atoms with Gasteiger partial charge in [-0.2, -0.15) is 4.39 Å². The van der Waals surface area contributed by atoms with E-state index in [1.54, 1.807) is 27.7 Å². The Balaban J connectivity index is 0.00000163. The minimum Gasteiger partial charge on any atom is -0.488 e. The maximum absolute atomic E-state index is 14.4. The topological polar surface area (TPSA) is 9.23 Å². The smallest absolute Gasteiger partial charge is 0.204 e. The van der Waals surface area contributed by atoms with Gasteiger partial charge in [0.05, 0.1) is 6.61 Å². The van der Waals surface area contributed by atoms with Gasteiger partial charge in [0.2, 0.25) is 5.82 Å². The molecule has 10 heteroatoms. The Morgan fingerprint density at radius 3 is 1.50 bits per heavy atom. The maximum atomic E-state index is 14.4. The number of rotatable bonds is 3. The van der Waals surface area contributed by atoms with E-state index in [0.29, 0.717) is 0 Å². The summed E-state index contributed by atoms with van der Waals surface area (Å²) in [6.45, 7) is 5.28. The SMILES string of the molecule is CC.CCOc1c(F)c(F)c(-c2c(F)c(F)c(P)c(F)c2P)c(P)c1F. The van der Waals surface area contributed by atoms with Gasteiger partial charge in [0.1, 0.15) is 5.82 Å². The van der Waals surface area contributed by atoms with E-state index in [2.05, 4.69) is 0 Å². The first-order chi connectivity index (χ1) is 12.1. The molecule has 2 aromatic carbocycles. The Labute approximate surface area is 154 Å². The third-order valence-electron chi connectivity index (χ3n) is 3.25. The molecule has 0 amide bonds. The lowest BCUT2D eigenvalue weighted by molar-refractivity contribution is 0.297. The lowest BCUT2D eigenvalue weighted by Crippen LogP contribution is -2.23. The molecule has 26 heavy (non-hydrogen) atoms. The van der Waals surface area contributed by atoms with Crippen LogP contribution < -0.4 is 20.7 Å². The predicted molar refractivity (Wildman–Crippen MR) is 102 cm³/mol. The summed E-state index contributed by atoms with van der Waals surface area (Å²) in [7, 11) is 5.20. The molecule has 3 atom stereocenters. The lowest BCUT2D eigenvalue weighted by Gasteiger charge is -2.17. The average Bonchev–Trinajstić information content (AvgIpc) is 2.64. The van der Waals surface area contributed by atoms with Crippen LogP contribution in [0, 0.1) is 34.9 Å². The molecule has 144 valence electrons. The third kappa shape index (κ3) is 3.86. The molecule has 0 aliphatic heterocycles. The number of benzene rings is 2. The molecule has 0 heterocycles. The van der Waals surface area contributed by atoms with Crippen LogP contribution in [0.15, 0.2) is 0 Å². The minimum absolute atomic E-state index is 0.148. The molecule has 0 spiro atoms. The Morgan fingerprint density at radius 2 is 1.04 bits per heavy atom. The van der Waals surface area contributed by atoms with Gasteiger partial charge in [-0.15, -0.1) is 18.5 Å². The van der Waals surface area contributed by atoms with E-state index in [9.17, 15) is 26.3 Å². The number of hydrogen-bond donors (Lipinski definition) is 0. The average molecular weight is 432 g/mol. The fourth-order valence-corrected chi connectivity index (χ4v) is 3.39. The quantitative estimate of drug-likeness (QED) is 0.403. The van der Waals surface area contributed by atoms with Gasteiger partial charge < -0.3 is 4.74 Å². The monoisotopic (exact) mass is 432 g/mol. The highest BCUT2D eigenvalue weighted by atomic mass is 31.0. The van der Waals surface area contributed by atoms with Crippen LogP contribution in [0.4, 0.5) is 26.3 Å². The first-order valence-electron chi connectivity index (χ1n) is 7.45. The van der Waals surface area contributed by atoms with Crippen molar-refractivity contribution in [3.8, 4) is 16.9 Å². The van der Waals surface area contributed by atoms with Crippen LogP contribution in [0.1, 0.15) is 20.8 Å². The van der Waals surface area contributed by atoms with Crippen LogP contribution in [0.3, 0.4) is 0 Å². The first kappa shape index (κ1) is 23.1. The van der Waals surface area contributed by atoms with Crippen LogP contribution in [-0.2, 0) is 0 Å². The van der Waals surface area contributed by atoms with Crippen molar-refractivity contribution < 1.29 is 31.1 Å². The van der Waals surface area contributed by atoms with E-state index in [0.717, 1.165) is 0 Å². The highest BCUT2D eigenvalue weighted by Crippen LogP contribution is 2.34. The van der Waals surface area contributed by atoms with Gasteiger partial charge in [0.15, 0.2) is 29.0 Å². The van der Waals surface area contributed by atoms with Crippen LogP contribution in [-0.4, -0.2) is 6.61 Å². The summed E-state index contributed by atoms with van der Waals surface area (Å²) in [6.07, 6.45) is 0. The fourth-order valence-electron chi connectivity index (χ4n) is 2.11. The van der Waals surface area contributed by atoms with Crippen molar-refractivity contribution in [1.82, 2.24) is 0 Å². The summed E-state index contributed by atoms with van der Waals surface area (Å²) < 4.78 is 89.4. The second-order valence-corrected chi connectivity index (χ2v) is 6.37. The zero-order chi connectivity index (χ0) is 20.3. The van der Waals surface area contributed by atoms with Crippen molar-refractivity contribution in [2.45, 2.75) is 20.8 Å². The molecule has 0 aliphatic carbocycles. The van der Waals surface area contributed by atoms with E-state index in [-0.39, 0.29) is 6.61 Å². The van der Waals surface area contributed by atoms with Crippen LogP contribution in [0.25, 0.3) is 11.1 Å². The summed E-state index contributed by atoms with van der Waals surface area (Å²) in [6, 6.07) is 0. The van der Waals surface area contributed by atoms with Gasteiger partial charge in [-0.1, -0.05) is 23.1 Å². The molecule has 0 radical (unpaired) electrons. The lowest BCUT2D eigenvalue weighted by atomic mass is 10.0. The Morgan fingerprint density at radius 1 is 0.615 bits per heavy atom. The second kappa shape index (κ2) is 9.35. The van der Waals surface area contributed by atoms with Gasteiger partial charge in [0.25, 0.3) is 0 Å². The van der Waals surface area contributed by atoms with Crippen LogP contribution >= 0.6 is 27.7 Å². The van der Waals surface area contributed by atoms with E-state index in [4.69, 9.17) is 4.74 Å². The summed E-state index contributed by atoms with van der Waals surface area (Å²) in [5, 5.41) is -1.89. The van der Waals surface area contributed by atoms with Crippen molar-refractivity contribution in [3.05, 3.63) is 34.9 Å². The Kier molecular flexibility index (Phi) is 8.33. The molecule has 2 aromatic rings. The molecular formula is C16H17F6OP3. The van der Waals surface area contributed by atoms with Crippen molar-refractivity contribution in [1.29, 1.82) is 0 Å². The Hall–Kier alpha value is -0.890. The van der Waals surface area contributed by atoms with E-state index in [1.165, 1.54) is 6.92 Å². The third-order valence-corrected chi connectivity index (χ3v) is 4.84. The van der Waals surface area contributed by atoms with Crippen LogP contribution in [0.2, 0.25) is 0 Å². The zero-order valence-electron chi connectivity index (χ0n) is 14.1. The molecule has 0 aliphatic rings. The van der Waals surface area contributed by atoms with Crippen LogP contribution in [0.5, 0.6) is 5.75 Å². The first-order valence-corrected chi connectivity index (χ1v) is 9.18. The summed E-state index contributed by atoms with van der Waals surface area (Å²) in [5.74, 6) is -10.1. The van der Waals surface area contributed by atoms with Crippen molar-refractivity contribution >= 4 is 43.6 Å². The van der Waals surface area contributed by atoms with Crippen molar-refractivity contribution in [2.75, 3.05) is 6.61 Å². The van der Waals surface area contributed by atoms with E-state index >= 15 is 0 Å². The normalized spacial score (nSPS) is 10.5. The van der Waals surface area contributed by atoms with Gasteiger partial charge in [0, 0.05) is 27.0 Å². The zero-order valence-corrected chi connectivity index (χ0v) is 17.6. The van der Waals surface area contributed by atoms with Gasteiger partial charge in [-0.05, 0) is 6.92 Å². The highest BCUT2D eigenvalue weighted by molar-refractivity contribution is 7.30. The summed E-state index contributed by atoms with van der Waals surface area (Å²) in [5.41, 5.74) is -1.87. The molecule has 0 saturated heterocycles. The Bertz CT molecular complexity index is 784. The predicted octanol–water partition coefficient (Wildman–Crippen LogP) is 4.11. The number of halogens is 6. The molecule has 0 N–H and O–H groups in total. The molecule has 1 nitrogen and oxygen atoms in total. The molecule has 0 aromatic heterocycles. The van der Waals surface area contributed by atoms with E-state index in [1.807, 2.05) is 13.8 Å². The molecule has 0 fully saturated rings. The van der Waals surface area contributed by atoms with Gasteiger partial charge >= 0.3 is 0 Å². The van der Waals surface area contributed by atoms with Crippen molar-refractivity contribution in [3.63, 3.8) is 0 Å². The molecule has 0 saturated carbocycles. The standard InChI is InChI=1S/C14H11F6OP3.C2H6/c1-2-21-11-7(17)5(15)3(12(22)9(11)19)4-6(16)8(18)14(24)10(20)13(4)23;1-2/h2,22-24H2,1H3;1-2H3. The molecule has 2 rings (SSSR count). The van der Waals surface area contributed by atoms with Crippen molar-refractivity contribution in [2.24, 2.45) is 0 Å². The van der Waals surface area contributed by atoms with Gasteiger partial charge in [-0.3, -0.25) is 0 Å². The minimum atomic E-state index is -1.71. The second-order valence-electron chi connectivity index (χ2n) is 4.64. The fraction of sp³-hybridized carbons (Fsp3) is 0.250. The molecule has 0 bridgehead atoms. The number of hydrogen-bond acceptors (Lipinski definition) is 1. The summed E-state index contributed by atoms with van der Waals surface area (Å²) >= 11 is 0. The van der Waals surface area contributed by atoms with E-state index < -0.39 is 67.7 Å². The largest absolute Gasteiger partial charge is 0.488 e. The maximum Gasteiger partial charge on any atom is 0.204 e. The molecule has 3 unspecified atom stereocenters. The van der Waals surface area contributed by atoms with Gasteiger partial charge in [-0.25, -0.2) is 22.0 Å². The molecular weight excluding hydrogens is 415 g/mol. The highest BCUT2D eigenvalue weighted by Gasteiger charge is 2.30. The summed E-state index contributed by atoms with van der Waals surface area (Å²) in [4.78, 5) is 0.